The summed E-state index contributed by atoms with van der Waals surface area (Å²) in [7, 11) is 0. The summed E-state index contributed by atoms with van der Waals surface area (Å²) in [6.07, 6.45) is 2.88. The summed E-state index contributed by atoms with van der Waals surface area (Å²) >= 11 is 0. The maximum atomic E-state index is 13.7. The Morgan fingerprint density at radius 2 is 1.90 bits per heavy atom. The first kappa shape index (κ1) is 19.4. The predicted molar refractivity (Wildman–Crippen MR) is 106 cm³/mol. The minimum atomic E-state index is -0.802. The van der Waals surface area contributed by atoms with Crippen LogP contribution in [-0.2, 0) is 16.1 Å². The Bertz CT molecular complexity index is 1190. The number of carbonyl (C=O) groups excluding carboxylic acids is 3. The molecule has 1 saturated heterocycles. The van der Waals surface area contributed by atoms with E-state index < -0.39 is 17.8 Å². The molecule has 2 aromatic heterocycles. The number of imide groups is 2. The van der Waals surface area contributed by atoms with Crippen molar-refractivity contribution < 1.29 is 23.2 Å². The summed E-state index contributed by atoms with van der Waals surface area (Å²) < 4.78 is 20.7. The third-order valence-corrected chi connectivity index (χ3v) is 4.92. The van der Waals surface area contributed by atoms with Gasteiger partial charge < -0.3 is 8.98 Å². The number of rotatable bonds is 4. The van der Waals surface area contributed by atoms with E-state index in [0.717, 1.165) is 16.3 Å². The lowest BCUT2D eigenvalue weighted by Crippen LogP contribution is -2.53. The Kier molecular flexibility index (Phi) is 4.83. The van der Waals surface area contributed by atoms with Gasteiger partial charge in [0.25, 0.3) is 11.8 Å². The fourth-order valence-electron chi connectivity index (χ4n) is 3.50. The quantitative estimate of drug-likeness (QED) is 0.530. The van der Waals surface area contributed by atoms with Gasteiger partial charge in [-0.3, -0.25) is 19.8 Å². The second kappa shape index (κ2) is 7.47. The molecular formula is C22H18FN3O4. The average Bonchev–Trinajstić information content (AvgIpc) is 3.30. The number of aromatic nitrogens is 1. The fourth-order valence-corrected chi connectivity index (χ4v) is 3.50. The highest BCUT2D eigenvalue weighted by atomic mass is 19.1. The van der Waals surface area contributed by atoms with Gasteiger partial charge in [0.2, 0.25) is 0 Å². The van der Waals surface area contributed by atoms with Gasteiger partial charge in [0.15, 0.2) is 0 Å². The number of amides is 4. The molecule has 152 valence electrons. The first-order chi connectivity index (χ1) is 14.3. The van der Waals surface area contributed by atoms with E-state index >= 15 is 0 Å². The molecule has 3 aromatic rings. The van der Waals surface area contributed by atoms with E-state index in [-0.39, 0.29) is 17.9 Å². The van der Waals surface area contributed by atoms with E-state index in [9.17, 15) is 18.8 Å². The number of hydrogen-bond acceptors (Lipinski definition) is 4. The van der Waals surface area contributed by atoms with E-state index in [1.807, 2.05) is 11.5 Å². The van der Waals surface area contributed by atoms with Crippen molar-refractivity contribution in [3.05, 3.63) is 82.8 Å². The number of hydrogen-bond donors (Lipinski definition) is 1. The summed E-state index contributed by atoms with van der Waals surface area (Å²) in [6.45, 7) is 3.56. The van der Waals surface area contributed by atoms with Crippen LogP contribution in [0.3, 0.4) is 0 Å². The van der Waals surface area contributed by atoms with Gasteiger partial charge in [0, 0.05) is 17.1 Å². The summed E-state index contributed by atoms with van der Waals surface area (Å²) in [5, 5.41) is 2.18. The SMILES string of the molecule is Cc1cc(C=C2C(=O)NC(=O)N(Cc3ccco3)C2=O)c(C)n1-c1cccc(F)c1. The van der Waals surface area contributed by atoms with Gasteiger partial charge in [-0.2, -0.15) is 0 Å². The number of benzene rings is 1. The number of furan rings is 1. The number of nitrogens with one attached hydrogen (secondary N) is 1. The van der Waals surface area contributed by atoms with Gasteiger partial charge in [-0.1, -0.05) is 6.07 Å². The van der Waals surface area contributed by atoms with Crippen LogP contribution in [0.15, 0.2) is 58.7 Å². The Morgan fingerprint density at radius 1 is 1.10 bits per heavy atom. The fraction of sp³-hybridized carbons (Fsp3) is 0.136. The predicted octanol–water partition coefficient (Wildman–Crippen LogP) is 3.49. The molecule has 0 spiro atoms. The van der Waals surface area contributed by atoms with E-state index in [2.05, 4.69) is 5.32 Å². The number of halogens is 1. The van der Waals surface area contributed by atoms with E-state index in [1.165, 1.54) is 24.5 Å². The minimum absolute atomic E-state index is 0.0927. The highest BCUT2D eigenvalue weighted by molar-refractivity contribution is 6.31. The lowest BCUT2D eigenvalue weighted by Gasteiger charge is -2.25. The van der Waals surface area contributed by atoms with Gasteiger partial charge in [-0.05, 0) is 61.9 Å². The third kappa shape index (κ3) is 3.43. The minimum Gasteiger partial charge on any atom is -0.467 e. The smallest absolute Gasteiger partial charge is 0.331 e. The van der Waals surface area contributed by atoms with Crippen molar-refractivity contribution in [2.24, 2.45) is 0 Å². The molecule has 0 unspecified atom stereocenters. The molecule has 4 rings (SSSR count). The van der Waals surface area contributed by atoms with Crippen molar-refractivity contribution >= 4 is 23.9 Å². The molecule has 7 nitrogen and oxygen atoms in total. The highest BCUT2D eigenvalue weighted by Gasteiger charge is 2.36. The molecule has 8 heteroatoms. The average molecular weight is 407 g/mol. The molecule has 4 amide bonds. The van der Waals surface area contributed by atoms with Crippen molar-refractivity contribution in [3.8, 4) is 5.69 Å². The zero-order valence-electron chi connectivity index (χ0n) is 16.3. The first-order valence-electron chi connectivity index (χ1n) is 9.21. The van der Waals surface area contributed by atoms with Crippen LogP contribution < -0.4 is 5.32 Å². The number of carbonyl (C=O) groups is 3. The Balaban J connectivity index is 1.71. The summed E-state index contributed by atoms with van der Waals surface area (Å²) in [5.74, 6) is -1.43. The van der Waals surface area contributed by atoms with Crippen LogP contribution in [0, 0.1) is 19.7 Å². The molecule has 1 aromatic carbocycles. The molecule has 1 fully saturated rings. The molecule has 0 radical (unpaired) electrons. The molecule has 1 aliphatic rings. The Morgan fingerprint density at radius 3 is 2.60 bits per heavy atom. The lowest BCUT2D eigenvalue weighted by molar-refractivity contribution is -0.130. The number of urea groups is 1. The molecule has 0 aliphatic carbocycles. The Labute approximate surface area is 171 Å². The zero-order valence-corrected chi connectivity index (χ0v) is 16.3. The van der Waals surface area contributed by atoms with Crippen LogP contribution in [0.25, 0.3) is 11.8 Å². The molecule has 3 heterocycles. The summed E-state index contributed by atoms with van der Waals surface area (Å²) in [4.78, 5) is 38.3. The number of aryl methyl sites for hydroxylation is 1. The normalized spacial score (nSPS) is 15.8. The Hall–Kier alpha value is -3.94. The van der Waals surface area contributed by atoms with Crippen molar-refractivity contribution in [3.63, 3.8) is 0 Å². The van der Waals surface area contributed by atoms with Crippen LogP contribution >= 0.6 is 0 Å². The molecule has 0 saturated carbocycles. The van der Waals surface area contributed by atoms with Gasteiger partial charge >= 0.3 is 6.03 Å². The second-order valence-corrected chi connectivity index (χ2v) is 6.93. The van der Waals surface area contributed by atoms with Crippen molar-refractivity contribution in [1.82, 2.24) is 14.8 Å². The van der Waals surface area contributed by atoms with Gasteiger partial charge in [-0.25, -0.2) is 9.18 Å². The van der Waals surface area contributed by atoms with Crippen LogP contribution in [0.1, 0.15) is 22.7 Å². The topological polar surface area (TPSA) is 84.6 Å². The van der Waals surface area contributed by atoms with Gasteiger partial charge in [-0.15, -0.1) is 0 Å². The first-order valence-corrected chi connectivity index (χ1v) is 9.21. The third-order valence-electron chi connectivity index (χ3n) is 4.92. The molecule has 1 N–H and O–H groups in total. The second-order valence-electron chi connectivity index (χ2n) is 6.93. The number of barbiturate groups is 1. The van der Waals surface area contributed by atoms with E-state index in [1.54, 1.807) is 37.3 Å². The van der Waals surface area contributed by atoms with E-state index in [0.29, 0.717) is 17.0 Å². The molecule has 30 heavy (non-hydrogen) atoms. The monoisotopic (exact) mass is 407 g/mol. The van der Waals surface area contributed by atoms with Crippen LogP contribution in [0.5, 0.6) is 0 Å². The zero-order chi connectivity index (χ0) is 21.4. The highest BCUT2D eigenvalue weighted by Crippen LogP contribution is 2.25. The largest absolute Gasteiger partial charge is 0.467 e. The van der Waals surface area contributed by atoms with Crippen LogP contribution in [0.2, 0.25) is 0 Å². The van der Waals surface area contributed by atoms with Crippen molar-refractivity contribution in [1.29, 1.82) is 0 Å². The maximum absolute atomic E-state index is 13.7. The molecule has 0 atom stereocenters. The van der Waals surface area contributed by atoms with Crippen LogP contribution in [0.4, 0.5) is 9.18 Å². The maximum Gasteiger partial charge on any atom is 0.331 e. The van der Waals surface area contributed by atoms with Crippen LogP contribution in [-0.4, -0.2) is 27.3 Å². The summed E-state index contributed by atoms with van der Waals surface area (Å²) in [6, 6.07) is 10.4. The van der Waals surface area contributed by atoms with E-state index in [4.69, 9.17) is 4.42 Å². The molecular weight excluding hydrogens is 389 g/mol. The summed E-state index contributed by atoms with van der Waals surface area (Å²) in [5.41, 5.74) is 2.60. The molecule has 0 bridgehead atoms. The van der Waals surface area contributed by atoms with Gasteiger partial charge in [0.1, 0.15) is 17.2 Å². The van der Waals surface area contributed by atoms with Crippen molar-refractivity contribution in [2.75, 3.05) is 0 Å². The van der Waals surface area contributed by atoms with Gasteiger partial charge in [0.05, 0.1) is 12.8 Å². The van der Waals surface area contributed by atoms with Crippen molar-refractivity contribution in [2.45, 2.75) is 20.4 Å². The standard InChI is InChI=1S/C22H18FN3O4/c1-13-9-15(14(2)26(13)17-6-3-5-16(23)11-17)10-19-20(27)24-22(29)25(21(19)28)12-18-7-4-8-30-18/h3-11H,12H2,1-2H3,(H,24,27,29). The lowest BCUT2D eigenvalue weighted by atomic mass is 10.1. The number of nitrogens with zero attached hydrogens (tertiary/aromatic N) is 2. The molecule has 1 aliphatic heterocycles.